The van der Waals surface area contributed by atoms with Crippen molar-refractivity contribution >= 4 is 29.7 Å². The summed E-state index contributed by atoms with van der Waals surface area (Å²) in [6.07, 6.45) is 1.17. The highest BCUT2D eigenvalue weighted by Gasteiger charge is 2.46. The van der Waals surface area contributed by atoms with Crippen molar-refractivity contribution in [1.29, 1.82) is 0 Å². The van der Waals surface area contributed by atoms with Gasteiger partial charge in [0.15, 0.2) is 17.5 Å². The fraction of sp³-hybridized carbons (Fsp3) is 0.158. The molecule has 1 aromatic heterocycles. The number of Topliss-reactive ketones (excluding diaryl/α,β-unsaturated/α-hetero) is 1. The van der Waals surface area contributed by atoms with Crippen LogP contribution in [0.2, 0.25) is 0 Å². The van der Waals surface area contributed by atoms with Gasteiger partial charge in [-0.25, -0.2) is 14.8 Å². The van der Waals surface area contributed by atoms with Crippen LogP contribution in [-0.2, 0) is 9.59 Å². The Morgan fingerprint density at radius 3 is 2.50 bits per heavy atom. The Labute approximate surface area is 167 Å². The lowest BCUT2D eigenvalue weighted by Gasteiger charge is -2.33. The van der Waals surface area contributed by atoms with Gasteiger partial charge in [-0.2, -0.15) is 0 Å². The van der Waals surface area contributed by atoms with Crippen LogP contribution in [0, 0.1) is 5.92 Å². The Balaban J connectivity index is 1.78. The van der Waals surface area contributed by atoms with Crippen molar-refractivity contribution in [2.45, 2.75) is 5.92 Å². The number of rotatable bonds is 2. The zero-order valence-corrected chi connectivity index (χ0v) is 15.5. The average molecular weight is 406 g/mol. The van der Waals surface area contributed by atoms with Crippen molar-refractivity contribution < 1.29 is 14.3 Å². The topological polar surface area (TPSA) is 158 Å². The van der Waals surface area contributed by atoms with Crippen LogP contribution in [0.1, 0.15) is 17.0 Å². The summed E-state index contributed by atoms with van der Waals surface area (Å²) in [4.78, 5) is 63.3. The Kier molecular flexibility index (Phi) is 3.78. The molecule has 0 bridgehead atoms. The number of carbonyl (C=O) groups is 2. The number of carbonyl (C=O) groups excluding carboxylic acids is 2. The van der Waals surface area contributed by atoms with E-state index in [0.717, 1.165) is 0 Å². The van der Waals surface area contributed by atoms with Gasteiger partial charge in [0.2, 0.25) is 5.91 Å². The molecule has 3 aliphatic heterocycles. The zero-order chi connectivity index (χ0) is 21.0. The molecular formula is C19H14N6O5. The molecule has 0 spiro atoms. The molecule has 0 aliphatic carbocycles. The summed E-state index contributed by atoms with van der Waals surface area (Å²) in [6.45, 7) is 0. The molecule has 30 heavy (non-hydrogen) atoms. The van der Waals surface area contributed by atoms with Crippen LogP contribution in [-0.4, -0.2) is 40.9 Å². The van der Waals surface area contributed by atoms with E-state index in [0.29, 0.717) is 11.3 Å². The van der Waals surface area contributed by atoms with E-state index in [9.17, 15) is 19.2 Å². The molecule has 2 aromatic rings. The second-order valence-electron chi connectivity index (χ2n) is 6.82. The number of ether oxygens (including phenoxy) is 1. The molecule has 0 saturated heterocycles. The highest BCUT2D eigenvalue weighted by atomic mass is 16.5. The van der Waals surface area contributed by atoms with E-state index in [2.05, 4.69) is 30.6 Å². The minimum absolute atomic E-state index is 0.0409. The van der Waals surface area contributed by atoms with Crippen LogP contribution in [0.15, 0.2) is 55.2 Å². The summed E-state index contributed by atoms with van der Waals surface area (Å²) in [5, 5.41) is 5.25. The van der Waals surface area contributed by atoms with Crippen LogP contribution in [0.4, 0.5) is 5.82 Å². The number of hydrogen-bond donors (Lipinski definition) is 4. The molecule has 3 aliphatic rings. The number of aromatic nitrogens is 2. The number of methoxy groups -OCH3 is 1. The van der Waals surface area contributed by atoms with Crippen LogP contribution >= 0.6 is 0 Å². The lowest BCUT2D eigenvalue weighted by atomic mass is 9.77. The predicted octanol–water partition coefficient (Wildman–Crippen LogP) is -0.404. The third kappa shape index (κ3) is 2.52. The predicted molar refractivity (Wildman–Crippen MR) is 106 cm³/mol. The number of allylic oxidation sites excluding steroid dienone is 1. The fourth-order valence-electron chi connectivity index (χ4n) is 3.85. The average Bonchev–Trinajstić information content (AvgIpc) is 2.72. The molecule has 4 N–H and O–H groups in total. The normalized spacial score (nSPS) is 21.7. The number of aliphatic imine (C=N–C) groups is 2. The van der Waals surface area contributed by atoms with Gasteiger partial charge < -0.3 is 15.4 Å². The molecule has 2 atom stereocenters. The lowest BCUT2D eigenvalue weighted by Crippen LogP contribution is -2.47. The molecule has 0 saturated carbocycles. The maximum absolute atomic E-state index is 13.4. The SMILES string of the molecule is COc1ccc(C2C3=C(N=C4N=CNC(=O)C4C3=O)Nc3[nH]c(=O)[nH]c(=O)c32)cc1. The minimum atomic E-state index is -1.21. The zero-order valence-electron chi connectivity index (χ0n) is 15.5. The van der Waals surface area contributed by atoms with Crippen LogP contribution in [0.5, 0.6) is 5.75 Å². The van der Waals surface area contributed by atoms with Crippen molar-refractivity contribution in [3.8, 4) is 5.75 Å². The number of anilines is 1. The highest BCUT2D eigenvalue weighted by Crippen LogP contribution is 2.42. The molecule has 11 nitrogen and oxygen atoms in total. The summed E-state index contributed by atoms with van der Waals surface area (Å²) in [7, 11) is 1.52. The van der Waals surface area contributed by atoms with Gasteiger partial charge in [-0.05, 0) is 17.7 Å². The number of amidine groups is 1. The van der Waals surface area contributed by atoms with E-state index in [1.54, 1.807) is 24.3 Å². The number of fused-ring (bicyclic) bond motifs is 2. The van der Waals surface area contributed by atoms with Gasteiger partial charge in [0.05, 0.1) is 30.5 Å². The Bertz CT molecular complexity index is 1310. The molecule has 0 fully saturated rings. The first-order valence-electron chi connectivity index (χ1n) is 8.95. The van der Waals surface area contributed by atoms with E-state index in [4.69, 9.17) is 4.74 Å². The summed E-state index contributed by atoms with van der Waals surface area (Å²) in [5.74, 6) is -2.24. The molecule has 5 rings (SSSR count). The molecule has 150 valence electrons. The number of hydrogen-bond acceptors (Lipinski definition) is 8. The Morgan fingerprint density at radius 1 is 1.00 bits per heavy atom. The van der Waals surface area contributed by atoms with Gasteiger partial charge in [0.1, 0.15) is 17.4 Å². The van der Waals surface area contributed by atoms with Gasteiger partial charge in [0.25, 0.3) is 5.56 Å². The number of benzene rings is 1. The van der Waals surface area contributed by atoms with Gasteiger partial charge in [-0.1, -0.05) is 12.1 Å². The quantitative estimate of drug-likeness (QED) is 0.497. The van der Waals surface area contributed by atoms with Gasteiger partial charge >= 0.3 is 5.69 Å². The van der Waals surface area contributed by atoms with Crippen LogP contribution in [0.25, 0.3) is 0 Å². The second-order valence-corrected chi connectivity index (χ2v) is 6.82. The minimum Gasteiger partial charge on any atom is -0.497 e. The number of H-pyrrole nitrogens is 2. The largest absolute Gasteiger partial charge is 0.497 e. The Morgan fingerprint density at radius 2 is 1.77 bits per heavy atom. The van der Waals surface area contributed by atoms with Crippen LogP contribution in [0.3, 0.4) is 0 Å². The Hall–Kier alpha value is -4.28. The molecular weight excluding hydrogens is 392 g/mol. The van der Waals surface area contributed by atoms with Gasteiger partial charge in [-0.15, -0.1) is 0 Å². The standard InChI is InChI=1S/C19H14N6O5/c1-30-8-4-2-7(3-5-8)9-10-13(26)12-14(20-6-21-17(12)27)22-15(10)23-16-11(9)18(28)25-19(29)24-16/h2-6,9,12H,1H3,(H,20,21,22,27)(H3,23,24,25,28,29). The summed E-state index contributed by atoms with van der Waals surface area (Å²) >= 11 is 0. The van der Waals surface area contributed by atoms with Crippen molar-refractivity contribution in [2.75, 3.05) is 12.4 Å². The molecule has 1 amide bonds. The molecule has 1 aromatic carbocycles. The van der Waals surface area contributed by atoms with Gasteiger partial charge in [0, 0.05) is 0 Å². The highest BCUT2D eigenvalue weighted by molar-refractivity contribution is 6.30. The lowest BCUT2D eigenvalue weighted by molar-refractivity contribution is -0.128. The first-order chi connectivity index (χ1) is 14.5. The van der Waals surface area contributed by atoms with Crippen LogP contribution < -0.4 is 26.6 Å². The summed E-state index contributed by atoms with van der Waals surface area (Å²) in [6, 6.07) is 6.80. The van der Waals surface area contributed by atoms with E-state index >= 15 is 0 Å². The van der Waals surface area contributed by atoms with E-state index in [1.165, 1.54) is 13.4 Å². The number of ketones is 1. The van der Waals surface area contributed by atoms with E-state index < -0.39 is 34.8 Å². The summed E-state index contributed by atoms with van der Waals surface area (Å²) in [5.41, 5.74) is -0.472. The third-order valence-electron chi connectivity index (χ3n) is 5.18. The smallest absolute Gasteiger partial charge is 0.327 e. The number of nitrogens with zero attached hydrogens (tertiary/aromatic N) is 2. The first kappa shape index (κ1) is 17.8. The third-order valence-corrected chi connectivity index (χ3v) is 5.18. The van der Waals surface area contributed by atoms with E-state index in [-0.39, 0.29) is 28.6 Å². The van der Waals surface area contributed by atoms with Crippen molar-refractivity contribution in [1.82, 2.24) is 15.3 Å². The first-order valence-corrected chi connectivity index (χ1v) is 8.95. The van der Waals surface area contributed by atoms with Crippen molar-refractivity contribution in [3.05, 3.63) is 67.6 Å². The number of amides is 1. The molecule has 0 radical (unpaired) electrons. The second kappa shape index (κ2) is 6.37. The summed E-state index contributed by atoms with van der Waals surface area (Å²) < 4.78 is 5.18. The maximum Gasteiger partial charge on any atom is 0.327 e. The fourth-order valence-corrected chi connectivity index (χ4v) is 3.85. The molecule has 11 heteroatoms. The number of nitrogens with one attached hydrogen (secondary N) is 4. The molecule has 2 unspecified atom stereocenters. The molecule has 4 heterocycles. The van der Waals surface area contributed by atoms with Crippen molar-refractivity contribution in [2.24, 2.45) is 15.9 Å². The monoisotopic (exact) mass is 406 g/mol. The van der Waals surface area contributed by atoms with Crippen molar-refractivity contribution in [3.63, 3.8) is 0 Å². The maximum atomic E-state index is 13.4. The van der Waals surface area contributed by atoms with E-state index in [1.807, 2.05) is 0 Å². The van der Waals surface area contributed by atoms with Gasteiger partial charge in [-0.3, -0.25) is 24.4 Å². The number of aromatic amines is 2.